The first kappa shape index (κ1) is 22.3. The van der Waals surface area contributed by atoms with Crippen molar-refractivity contribution in [1.29, 1.82) is 0 Å². The molecule has 0 bridgehead atoms. The van der Waals surface area contributed by atoms with Gasteiger partial charge >= 0.3 is 0 Å². The zero-order valence-corrected chi connectivity index (χ0v) is 23.0. The van der Waals surface area contributed by atoms with Gasteiger partial charge in [0.25, 0.3) is 0 Å². The van der Waals surface area contributed by atoms with Crippen molar-refractivity contribution in [3.8, 4) is 0 Å². The first-order valence-corrected chi connectivity index (χ1v) is 14.2. The van der Waals surface area contributed by atoms with Crippen LogP contribution in [0.5, 0.6) is 0 Å². The minimum Gasteiger partial charge on any atom is -0.358 e. The van der Waals surface area contributed by atoms with Crippen molar-refractivity contribution in [2.45, 2.75) is 30.8 Å². The SMILES string of the molecule is CN1C=CN2c3ccccc3CC12.CN1c2ccccc2N2c3cccc4c3C(C12)C1N(C)c2ccccc2N41. The molecular weight excluding hydrogens is 492 g/mol. The van der Waals surface area contributed by atoms with E-state index in [2.05, 4.69) is 154 Å². The Kier molecular flexibility index (Phi) is 4.31. The standard InChI is InChI=1S/C23H20N4.C11H12N2/c1-24-14-8-3-5-10-16(14)26-18-12-7-13-19-20(18)21(22(24)26)23-25(2)15-9-4-6-11-17(15)27(19)23;1-12-6-7-13-10-5-3-2-4-9(10)8-11(12)13/h3-13,21-23H,1-2H3;2-7,11H,8H2,1H3. The molecule has 4 aromatic carbocycles. The van der Waals surface area contributed by atoms with Crippen LogP contribution in [-0.2, 0) is 6.42 Å². The van der Waals surface area contributed by atoms with E-state index >= 15 is 0 Å². The van der Waals surface area contributed by atoms with Crippen molar-refractivity contribution in [2.24, 2.45) is 0 Å². The maximum absolute atomic E-state index is 2.56. The maximum Gasteiger partial charge on any atom is 0.117 e. The van der Waals surface area contributed by atoms with Gasteiger partial charge in [0.15, 0.2) is 0 Å². The fraction of sp³-hybridized carbons (Fsp3) is 0.235. The molecule has 0 fully saturated rings. The number of hydrogen-bond donors (Lipinski definition) is 0. The zero-order chi connectivity index (χ0) is 26.7. The summed E-state index contributed by atoms with van der Waals surface area (Å²) < 4.78 is 0. The molecular formula is C34H32N6. The van der Waals surface area contributed by atoms with Gasteiger partial charge in [0, 0.05) is 62.6 Å². The van der Waals surface area contributed by atoms with E-state index in [0.29, 0.717) is 24.4 Å². The number of hydrogen-bond acceptors (Lipinski definition) is 6. The van der Waals surface area contributed by atoms with Crippen LogP contribution in [0.15, 0.2) is 103 Å². The Hall–Kier alpha value is -4.58. The molecule has 0 amide bonds. The molecule has 0 aliphatic carbocycles. The number of likely N-dealkylation sites (N-methyl/N-ethyl adjacent to an activating group) is 3. The molecule has 40 heavy (non-hydrogen) atoms. The van der Waals surface area contributed by atoms with Crippen LogP contribution in [0, 0.1) is 0 Å². The van der Waals surface area contributed by atoms with Crippen molar-refractivity contribution in [3.05, 3.63) is 115 Å². The van der Waals surface area contributed by atoms with E-state index in [4.69, 9.17) is 0 Å². The van der Waals surface area contributed by atoms with Gasteiger partial charge in [0.1, 0.15) is 18.5 Å². The molecule has 4 aromatic rings. The number of nitrogens with zero attached hydrogens (tertiary/aromatic N) is 6. The second kappa shape index (κ2) is 7.75. The van der Waals surface area contributed by atoms with Gasteiger partial charge < -0.3 is 29.4 Å². The third-order valence-corrected chi connectivity index (χ3v) is 9.85. The van der Waals surface area contributed by atoms with Gasteiger partial charge in [-0.05, 0) is 48.0 Å². The first-order chi connectivity index (χ1) is 19.6. The van der Waals surface area contributed by atoms with Crippen molar-refractivity contribution in [3.63, 3.8) is 0 Å². The molecule has 3 unspecified atom stereocenters. The highest BCUT2D eigenvalue weighted by molar-refractivity contribution is 5.96. The molecule has 6 heteroatoms. The van der Waals surface area contributed by atoms with Gasteiger partial charge in [-0.3, -0.25) is 0 Å². The van der Waals surface area contributed by atoms with E-state index in [1.807, 2.05) is 0 Å². The van der Waals surface area contributed by atoms with Crippen LogP contribution in [0.2, 0.25) is 0 Å². The Morgan fingerprint density at radius 1 is 0.525 bits per heavy atom. The molecule has 0 aromatic heterocycles. The second-order valence-corrected chi connectivity index (χ2v) is 11.7. The Morgan fingerprint density at radius 3 is 1.62 bits per heavy atom. The average Bonchev–Trinajstić information content (AvgIpc) is 3.80. The van der Waals surface area contributed by atoms with Crippen LogP contribution in [-0.4, -0.2) is 44.5 Å². The van der Waals surface area contributed by atoms with E-state index < -0.39 is 0 Å². The van der Waals surface area contributed by atoms with Crippen molar-refractivity contribution < 1.29 is 0 Å². The Balaban J connectivity index is 0.000000149. The van der Waals surface area contributed by atoms with Crippen LogP contribution in [0.25, 0.3) is 0 Å². The van der Waals surface area contributed by atoms with Gasteiger partial charge in [-0.2, -0.15) is 0 Å². The Labute approximate surface area is 235 Å². The third-order valence-electron chi connectivity index (χ3n) is 9.85. The third kappa shape index (κ3) is 2.64. The first-order valence-electron chi connectivity index (χ1n) is 14.2. The minimum atomic E-state index is 0.324. The van der Waals surface area contributed by atoms with Gasteiger partial charge in [0.05, 0.1) is 28.7 Å². The predicted molar refractivity (Wildman–Crippen MR) is 164 cm³/mol. The van der Waals surface area contributed by atoms with E-state index in [9.17, 15) is 0 Å². The maximum atomic E-state index is 2.56. The van der Waals surface area contributed by atoms with E-state index in [-0.39, 0.29) is 0 Å². The van der Waals surface area contributed by atoms with Gasteiger partial charge in [-0.1, -0.05) is 48.5 Å². The van der Waals surface area contributed by atoms with Gasteiger partial charge in [-0.15, -0.1) is 0 Å². The molecule has 0 spiro atoms. The summed E-state index contributed by atoms with van der Waals surface area (Å²) in [4.78, 5) is 14.7. The molecule has 0 radical (unpaired) electrons. The van der Waals surface area contributed by atoms with Crippen LogP contribution < -0.4 is 24.5 Å². The fourth-order valence-electron chi connectivity index (χ4n) is 8.14. The summed E-state index contributed by atoms with van der Waals surface area (Å²) in [6.45, 7) is 0. The smallest absolute Gasteiger partial charge is 0.117 e. The number of rotatable bonds is 0. The summed E-state index contributed by atoms with van der Waals surface area (Å²) in [6.07, 6.45) is 6.62. The normalized spacial score (nSPS) is 24.9. The fourth-order valence-corrected chi connectivity index (χ4v) is 8.14. The number of fused-ring (bicyclic) bond motifs is 13. The minimum absolute atomic E-state index is 0.324. The predicted octanol–water partition coefficient (Wildman–Crippen LogP) is 6.42. The highest BCUT2D eigenvalue weighted by atomic mass is 15.5. The second-order valence-electron chi connectivity index (χ2n) is 11.7. The summed E-state index contributed by atoms with van der Waals surface area (Å²) in [7, 11) is 6.63. The highest BCUT2D eigenvalue weighted by Gasteiger charge is 2.59. The molecule has 0 saturated heterocycles. The molecule has 3 atom stereocenters. The number of para-hydroxylation sites is 5. The van der Waals surface area contributed by atoms with Crippen molar-refractivity contribution in [2.75, 3.05) is 45.6 Å². The van der Waals surface area contributed by atoms with Crippen LogP contribution >= 0.6 is 0 Å². The van der Waals surface area contributed by atoms with E-state index in [1.165, 1.54) is 50.9 Å². The van der Waals surface area contributed by atoms with Gasteiger partial charge in [0.2, 0.25) is 0 Å². The lowest BCUT2D eigenvalue weighted by Crippen LogP contribution is -2.49. The van der Waals surface area contributed by atoms with Crippen LogP contribution in [0.3, 0.4) is 0 Å². The van der Waals surface area contributed by atoms with Gasteiger partial charge in [-0.25, -0.2) is 0 Å². The summed E-state index contributed by atoms with van der Waals surface area (Å²) >= 11 is 0. The zero-order valence-electron chi connectivity index (χ0n) is 23.0. The molecule has 6 aliphatic heterocycles. The largest absolute Gasteiger partial charge is 0.358 e. The van der Waals surface area contributed by atoms with Crippen LogP contribution in [0.1, 0.15) is 17.0 Å². The topological polar surface area (TPSA) is 19.4 Å². The molecule has 0 saturated carbocycles. The van der Waals surface area contributed by atoms with Crippen molar-refractivity contribution in [1.82, 2.24) is 4.90 Å². The van der Waals surface area contributed by atoms with E-state index in [0.717, 1.165) is 6.42 Å². The summed E-state index contributed by atoms with van der Waals surface area (Å²) in [5.41, 5.74) is 12.4. The molecule has 6 heterocycles. The Bertz CT molecular complexity index is 1630. The molecule has 10 rings (SSSR count). The summed E-state index contributed by atoms with van der Waals surface area (Å²) in [5.74, 6) is 0.422. The molecule has 0 N–H and O–H groups in total. The number of anilines is 7. The average molecular weight is 525 g/mol. The van der Waals surface area contributed by atoms with Crippen molar-refractivity contribution >= 4 is 39.8 Å². The number of benzene rings is 4. The van der Waals surface area contributed by atoms with Crippen LogP contribution in [0.4, 0.5) is 39.8 Å². The quantitative estimate of drug-likeness (QED) is 0.263. The lowest BCUT2D eigenvalue weighted by molar-refractivity contribution is 0.369. The summed E-state index contributed by atoms with van der Waals surface area (Å²) in [6, 6.07) is 33.1. The summed E-state index contributed by atoms with van der Waals surface area (Å²) in [5, 5.41) is 0. The van der Waals surface area contributed by atoms with E-state index in [1.54, 1.807) is 0 Å². The Morgan fingerprint density at radius 2 is 1.02 bits per heavy atom. The lowest BCUT2D eigenvalue weighted by atomic mass is 9.97. The highest BCUT2D eigenvalue weighted by Crippen LogP contribution is 2.65. The lowest BCUT2D eigenvalue weighted by Gasteiger charge is -2.36. The monoisotopic (exact) mass is 524 g/mol. The molecule has 6 aliphatic rings. The molecule has 6 nitrogen and oxygen atoms in total. The molecule has 198 valence electrons.